The van der Waals surface area contributed by atoms with Crippen molar-refractivity contribution in [2.75, 3.05) is 33.8 Å². The smallest absolute Gasteiger partial charge is 0.223 e. The van der Waals surface area contributed by atoms with Crippen molar-refractivity contribution in [1.29, 1.82) is 0 Å². The Balaban J connectivity index is 1.52. The Morgan fingerprint density at radius 1 is 1.27 bits per heavy atom. The molecule has 1 N–H and O–H groups in total. The van der Waals surface area contributed by atoms with Crippen LogP contribution in [0.1, 0.15) is 49.7 Å². The van der Waals surface area contributed by atoms with E-state index < -0.39 is 16.9 Å². The molecule has 6 heteroatoms. The summed E-state index contributed by atoms with van der Waals surface area (Å²) in [6.45, 7) is 2.45. The summed E-state index contributed by atoms with van der Waals surface area (Å²) >= 11 is 0. The summed E-state index contributed by atoms with van der Waals surface area (Å²) in [5, 5.41) is 12.2. The van der Waals surface area contributed by atoms with Gasteiger partial charge in [0.1, 0.15) is 11.5 Å². The van der Waals surface area contributed by atoms with Gasteiger partial charge in [-0.1, -0.05) is 6.07 Å². The molecule has 1 amide bonds. The molecule has 2 aliphatic carbocycles. The van der Waals surface area contributed by atoms with Crippen molar-refractivity contribution < 1.29 is 19.4 Å². The van der Waals surface area contributed by atoms with Gasteiger partial charge in [0, 0.05) is 43.3 Å². The molecule has 2 aliphatic heterocycles. The first-order valence-electron chi connectivity index (χ1n) is 11.3. The maximum atomic E-state index is 13.4. The highest BCUT2D eigenvalue weighted by Crippen LogP contribution is 2.58. The van der Waals surface area contributed by atoms with Crippen LogP contribution in [0.4, 0.5) is 0 Å². The van der Waals surface area contributed by atoms with Crippen molar-refractivity contribution in [3.05, 3.63) is 29.3 Å². The summed E-state index contributed by atoms with van der Waals surface area (Å²) in [6.07, 6.45) is 4.51. The van der Waals surface area contributed by atoms with Crippen LogP contribution < -0.4 is 4.74 Å². The number of aliphatic hydroxyl groups is 1. The minimum atomic E-state index is -1.01. The maximum Gasteiger partial charge on any atom is 0.223 e. The zero-order valence-corrected chi connectivity index (χ0v) is 18.0. The third kappa shape index (κ3) is 2.76. The molecule has 162 valence electrons. The van der Waals surface area contributed by atoms with Gasteiger partial charge in [0.2, 0.25) is 5.91 Å². The fraction of sp³-hybridized carbons (Fsp3) is 0.667. The Kier molecular flexibility index (Phi) is 4.71. The number of ketones is 1. The fourth-order valence-corrected chi connectivity index (χ4v) is 6.72. The van der Waals surface area contributed by atoms with E-state index in [-0.39, 0.29) is 24.2 Å². The number of methoxy groups -OCH3 is 1. The molecule has 2 saturated heterocycles. The first-order chi connectivity index (χ1) is 14.4. The number of carbonyl (C=O) groups excluding carboxylic acids is 2. The van der Waals surface area contributed by atoms with Crippen LogP contribution in [0, 0.1) is 5.92 Å². The van der Waals surface area contributed by atoms with Crippen LogP contribution in [0.25, 0.3) is 0 Å². The first-order valence-corrected chi connectivity index (χ1v) is 11.3. The molecule has 0 radical (unpaired) electrons. The normalized spacial score (nSPS) is 35.7. The third-order valence-electron chi connectivity index (χ3n) is 8.42. The summed E-state index contributed by atoms with van der Waals surface area (Å²) in [4.78, 5) is 30.3. The van der Waals surface area contributed by atoms with Crippen molar-refractivity contribution in [3.8, 4) is 5.75 Å². The third-order valence-corrected chi connectivity index (χ3v) is 8.42. The van der Waals surface area contributed by atoms with Crippen LogP contribution in [0.5, 0.6) is 5.75 Å². The van der Waals surface area contributed by atoms with E-state index in [0.717, 1.165) is 56.6 Å². The van der Waals surface area contributed by atoms with E-state index in [1.807, 2.05) is 17.0 Å². The number of Topliss-reactive ketones (excluding diaryl/α,β-unsaturated/α-hetero) is 1. The molecule has 5 rings (SSSR count). The standard InChI is InChI=1S/C24H32N2O4/c1-25-10-7-23-15-20(27)17(12-22(28)26-8-3-4-9-26)14-24(23,29)21(25)11-16-5-6-18(30-2)13-19(16)23/h5-6,13,17,21,29H,3-4,7-12,14-15H2,1-2H3/t17-,21+,23+,24+/m0/s1. The lowest BCUT2D eigenvalue weighted by molar-refractivity contribution is -0.179. The molecule has 1 aromatic carbocycles. The molecule has 4 atom stereocenters. The number of benzene rings is 1. The quantitative estimate of drug-likeness (QED) is 0.821. The monoisotopic (exact) mass is 412 g/mol. The van der Waals surface area contributed by atoms with Crippen molar-refractivity contribution in [2.45, 2.75) is 62.0 Å². The van der Waals surface area contributed by atoms with E-state index >= 15 is 0 Å². The van der Waals surface area contributed by atoms with E-state index in [2.05, 4.69) is 18.0 Å². The van der Waals surface area contributed by atoms with E-state index in [0.29, 0.717) is 12.8 Å². The van der Waals surface area contributed by atoms with Gasteiger partial charge in [0.15, 0.2) is 0 Å². The average molecular weight is 413 g/mol. The molecule has 4 aliphatic rings. The van der Waals surface area contributed by atoms with Crippen LogP contribution in [0.3, 0.4) is 0 Å². The van der Waals surface area contributed by atoms with Gasteiger partial charge in [-0.3, -0.25) is 9.59 Å². The minimum Gasteiger partial charge on any atom is -0.497 e. The highest BCUT2D eigenvalue weighted by atomic mass is 16.5. The number of hydrogen-bond acceptors (Lipinski definition) is 5. The average Bonchev–Trinajstić information content (AvgIpc) is 3.27. The second-order valence-corrected chi connectivity index (χ2v) is 9.82. The maximum absolute atomic E-state index is 13.4. The molecule has 2 heterocycles. The molecule has 2 bridgehead atoms. The Morgan fingerprint density at radius 3 is 2.77 bits per heavy atom. The number of ether oxygens (including phenoxy) is 1. The largest absolute Gasteiger partial charge is 0.497 e. The Morgan fingerprint density at radius 2 is 2.03 bits per heavy atom. The van der Waals surface area contributed by atoms with E-state index in [1.54, 1.807) is 7.11 Å². The number of rotatable bonds is 3. The summed E-state index contributed by atoms with van der Waals surface area (Å²) in [6, 6.07) is 6.06. The van der Waals surface area contributed by atoms with Crippen LogP contribution in [0.2, 0.25) is 0 Å². The lowest BCUT2D eigenvalue weighted by atomic mass is 9.47. The van der Waals surface area contributed by atoms with Gasteiger partial charge in [-0.2, -0.15) is 0 Å². The Bertz CT molecular complexity index is 880. The second-order valence-electron chi connectivity index (χ2n) is 9.82. The Labute approximate surface area is 178 Å². The first kappa shape index (κ1) is 20.0. The SMILES string of the molecule is COc1ccc2c(c1)[C@]13CCN(C)[C@H](C2)[C@]1(O)C[C@H](CC(=O)N1CCCC1)C(=O)C3. The number of hydrogen-bond donors (Lipinski definition) is 1. The van der Waals surface area contributed by atoms with Crippen LogP contribution >= 0.6 is 0 Å². The highest BCUT2D eigenvalue weighted by Gasteiger charge is 2.66. The number of nitrogens with zero attached hydrogens (tertiary/aromatic N) is 2. The van der Waals surface area contributed by atoms with Crippen molar-refractivity contribution in [2.24, 2.45) is 5.92 Å². The van der Waals surface area contributed by atoms with Gasteiger partial charge in [-0.25, -0.2) is 0 Å². The van der Waals surface area contributed by atoms with Crippen LogP contribution in [-0.2, 0) is 21.4 Å². The molecular weight excluding hydrogens is 380 g/mol. The molecule has 1 saturated carbocycles. The van der Waals surface area contributed by atoms with Gasteiger partial charge in [-0.05, 0) is 69.0 Å². The number of piperidine rings is 1. The summed E-state index contributed by atoms with van der Waals surface area (Å²) < 4.78 is 5.48. The molecule has 0 aromatic heterocycles. The second kappa shape index (κ2) is 7.06. The summed E-state index contributed by atoms with van der Waals surface area (Å²) in [5.41, 5.74) is 0.683. The highest BCUT2D eigenvalue weighted by molar-refractivity contribution is 5.89. The van der Waals surface area contributed by atoms with Gasteiger partial charge < -0.3 is 19.6 Å². The van der Waals surface area contributed by atoms with Crippen LogP contribution in [0.15, 0.2) is 18.2 Å². The number of likely N-dealkylation sites (tertiary alicyclic amines) is 2. The molecule has 0 unspecified atom stereocenters. The van der Waals surface area contributed by atoms with E-state index in [1.165, 1.54) is 5.56 Å². The lowest BCUT2D eigenvalue weighted by Gasteiger charge is -2.63. The fourth-order valence-electron chi connectivity index (χ4n) is 6.72. The number of likely N-dealkylation sites (N-methyl/N-ethyl adjacent to an activating group) is 1. The van der Waals surface area contributed by atoms with E-state index in [4.69, 9.17) is 4.74 Å². The lowest BCUT2D eigenvalue weighted by Crippen LogP contribution is -2.73. The van der Waals surface area contributed by atoms with Crippen LogP contribution in [-0.4, -0.2) is 72.0 Å². The van der Waals surface area contributed by atoms with Crippen molar-refractivity contribution in [3.63, 3.8) is 0 Å². The number of amides is 1. The molecule has 3 fully saturated rings. The van der Waals surface area contributed by atoms with Gasteiger partial charge in [0.25, 0.3) is 0 Å². The minimum absolute atomic E-state index is 0.0374. The topological polar surface area (TPSA) is 70.1 Å². The van der Waals surface area contributed by atoms with Crippen molar-refractivity contribution in [1.82, 2.24) is 9.80 Å². The predicted octanol–water partition coefficient (Wildman–Crippen LogP) is 1.92. The zero-order chi connectivity index (χ0) is 21.1. The van der Waals surface area contributed by atoms with Gasteiger partial charge >= 0.3 is 0 Å². The molecule has 30 heavy (non-hydrogen) atoms. The number of carbonyl (C=O) groups is 2. The van der Waals surface area contributed by atoms with Gasteiger partial charge in [-0.15, -0.1) is 0 Å². The van der Waals surface area contributed by atoms with E-state index in [9.17, 15) is 14.7 Å². The summed E-state index contributed by atoms with van der Waals surface area (Å²) in [7, 11) is 3.72. The Hall–Kier alpha value is -1.92. The predicted molar refractivity (Wildman–Crippen MR) is 113 cm³/mol. The molecule has 0 spiro atoms. The van der Waals surface area contributed by atoms with Crippen molar-refractivity contribution >= 4 is 11.7 Å². The molecule has 1 aromatic rings. The summed E-state index contributed by atoms with van der Waals surface area (Å²) in [5.74, 6) is 0.576. The molecule has 6 nitrogen and oxygen atoms in total. The molecular formula is C24H32N2O4. The zero-order valence-electron chi connectivity index (χ0n) is 18.0. The number of fused-ring (bicyclic) bond motifs is 1. The van der Waals surface area contributed by atoms with Gasteiger partial charge in [0.05, 0.1) is 12.7 Å².